The summed E-state index contributed by atoms with van der Waals surface area (Å²) >= 11 is 22.2. The number of carbonyl (C=O) groups is 1. The van der Waals surface area contributed by atoms with E-state index >= 15 is 0 Å². The fourth-order valence-corrected chi connectivity index (χ4v) is 4.07. The highest BCUT2D eigenvalue weighted by Gasteiger charge is 2.28. The maximum absolute atomic E-state index is 10.9. The highest BCUT2D eigenvalue weighted by Crippen LogP contribution is 2.27. The second-order valence-electron chi connectivity index (χ2n) is 9.98. The summed E-state index contributed by atoms with van der Waals surface area (Å²) in [5.74, 6) is 2.82. The van der Waals surface area contributed by atoms with Crippen molar-refractivity contribution in [3.8, 4) is 0 Å². The largest absolute Gasteiger partial charge is 0.428 e. The van der Waals surface area contributed by atoms with Crippen LogP contribution in [0.15, 0.2) is 46.3 Å². The van der Waals surface area contributed by atoms with E-state index < -0.39 is 20.5 Å². The third-order valence-corrected chi connectivity index (χ3v) is 6.99. The molecule has 0 aromatic heterocycles. The maximum atomic E-state index is 10.9. The molecule has 0 radical (unpaired) electrons. The van der Waals surface area contributed by atoms with Gasteiger partial charge in [-0.3, -0.25) is 0 Å². The molecule has 0 saturated heterocycles. The van der Waals surface area contributed by atoms with Gasteiger partial charge in [-0.1, -0.05) is 55.1 Å². The molecule has 1 aromatic rings. The quantitative estimate of drug-likeness (QED) is 0.0377. The number of ether oxygens (including phenoxy) is 1. The molecule has 0 bridgehead atoms. The highest BCUT2D eigenvalue weighted by atomic mass is 35.5. The number of allylic oxidation sites excluding steroid dienone is 1. The summed E-state index contributed by atoms with van der Waals surface area (Å²) in [6.07, 6.45) is 7.15. The van der Waals surface area contributed by atoms with Crippen molar-refractivity contribution < 1.29 is 14.6 Å². The van der Waals surface area contributed by atoms with Crippen molar-refractivity contribution in [3.63, 3.8) is 0 Å². The molecule has 1 N–H and O–H groups in total. The first-order chi connectivity index (χ1) is 19.5. The Labute approximate surface area is 265 Å². The predicted octanol–water partition coefficient (Wildman–Crippen LogP) is 10.5. The van der Waals surface area contributed by atoms with Crippen LogP contribution in [-0.4, -0.2) is 49.4 Å². The van der Waals surface area contributed by atoms with Crippen LogP contribution in [0.4, 0.5) is 0 Å². The topological polar surface area (TPSA) is 144 Å². The lowest BCUT2D eigenvalue weighted by Gasteiger charge is -2.11. The summed E-state index contributed by atoms with van der Waals surface area (Å²) in [5.41, 5.74) is 18.4. The Morgan fingerprint density at radius 1 is 0.976 bits per heavy atom. The Balaban J connectivity index is 0. The molecule has 1 atom stereocenters. The molecular weight excluding hydrogens is 626 g/mol. The molecule has 0 saturated carbocycles. The summed E-state index contributed by atoms with van der Waals surface area (Å²) in [6.45, 7) is 10.5. The first kappa shape index (κ1) is 41.5. The van der Waals surface area contributed by atoms with E-state index in [-0.39, 0.29) is 0 Å². The zero-order chi connectivity index (χ0) is 31.5. The molecule has 232 valence electrons. The minimum absolute atomic E-state index is 0.451. The molecule has 1 aromatic carbocycles. The third-order valence-electron chi connectivity index (χ3n) is 5.23. The van der Waals surface area contributed by atoms with Gasteiger partial charge in [0.1, 0.15) is 8.24 Å². The zero-order valence-corrected chi connectivity index (χ0v) is 28.3. The number of hydrogen-bond donors (Lipinski definition) is 1. The second kappa shape index (κ2) is 27.2. The molecule has 1 aliphatic heterocycles. The molecule has 0 aliphatic carbocycles. The molecule has 1 unspecified atom stereocenters. The van der Waals surface area contributed by atoms with Crippen LogP contribution in [0.3, 0.4) is 0 Å². The van der Waals surface area contributed by atoms with E-state index in [1.165, 1.54) is 5.57 Å². The average molecular weight is 671 g/mol. The summed E-state index contributed by atoms with van der Waals surface area (Å²) < 4.78 is 8.12. The van der Waals surface area contributed by atoms with E-state index in [2.05, 4.69) is 31.0 Å². The van der Waals surface area contributed by atoms with Gasteiger partial charge in [-0.25, -0.2) is 4.79 Å². The Bertz CT molecular complexity index is 937. The van der Waals surface area contributed by atoms with Gasteiger partial charge >= 0.3 is 5.97 Å². The fourth-order valence-electron chi connectivity index (χ4n) is 3.23. The number of cyclic esters (lactones) is 1. The maximum Gasteiger partial charge on any atom is 0.341 e. The van der Waals surface area contributed by atoms with Gasteiger partial charge in [0.2, 0.25) is 6.29 Å². The van der Waals surface area contributed by atoms with Crippen LogP contribution in [-0.2, 0) is 4.74 Å². The monoisotopic (exact) mass is 668 g/mol. The van der Waals surface area contributed by atoms with Crippen molar-refractivity contribution >= 4 is 60.6 Å². The minimum atomic E-state index is -1.45. The minimum Gasteiger partial charge on any atom is -0.428 e. The molecule has 0 fully saturated rings. The highest BCUT2D eigenvalue weighted by molar-refractivity contribution is 6.74. The van der Waals surface area contributed by atoms with Crippen molar-refractivity contribution in [2.45, 2.75) is 77.3 Å². The number of azide groups is 2. The number of fused-ring (bicyclic) bond motifs is 1. The number of benzene rings is 1. The van der Waals surface area contributed by atoms with Gasteiger partial charge < -0.3 is 9.84 Å². The van der Waals surface area contributed by atoms with E-state index in [1.54, 1.807) is 24.3 Å². The number of esters is 1. The summed E-state index contributed by atoms with van der Waals surface area (Å²) in [6, 6.07) is 6.79. The third kappa shape index (κ3) is 24.7. The van der Waals surface area contributed by atoms with Gasteiger partial charge in [0.05, 0.1) is 5.56 Å². The Kier molecular flexibility index (Phi) is 27.6. The van der Waals surface area contributed by atoms with Gasteiger partial charge in [-0.2, -0.15) is 0 Å². The van der Waals surface area contributed by atoms with Crippen molar-refractivity contribution in [2.75, 3.05) is 30.1 Å². The Morgan fingerprint density at radius 3 is 1.88 bits per heavy atom. The molecule has 14 heteroatoms. The molecule has 9 nitrogen and oxygen atoms in total. The fraction of sp³-hybridized carbons (Fsp3) is 0.667. The lowest BCUT2D eigenvalue weighted by atomic mass is 9.99. The van der Waals surface area contributed by atoms with Crippen molar-refractivity contribution in [3.05, 3.63) is 68.4 Å². The molecular formula is C27H44Cl4N6O3Si. The zero-order valence-electron chi connectivity index (χ0n) is 24.3. The first-order valence-corrected chi connectivity index (χ1v) is 19.0. The van der Waals surface area contributed by atoms with Crippen molar-refractivity contribution in [1.82, 2.24) is 0 Å². The van der Waals surface area contributed by atoms with Crippen LogP contribution in [0.5, 0.6) is 0 Å². The van der Waals surface area contributed by atoms with Gasteiger partial charge in [0.25, 0.3) is 0 Å². The number of carbonyl (C=O) groups excluding carboxylic acids is 1. The number of nitrogens with zero attached hydrogens (tertiary/aromatic N) is 6. The number of aliphatic hydroxyl groups excluding tert-OH is 1. The summed E-state index contributed by atoms with van der Waals surface area (Å²) in [4.78, 5) is 16.3. The number of hydrogen-bond acceptors (Lipinski definition) is 5. The molecule has 1 aliphatic rings. The Hall–Kier alpha value is -1.61. The summed E-state index contributed by atoms with van der Waals surface area (Å²) in [7, 11) is -1.45. The molecule has 0 amide bonds. The number of rotatable bonds is 15. The lowest BCUT2D eigenvalue weighted by Crippen LogP contribution is -2.13. The predicted molar refractivity (Wildman–Crippen MR) is 176 cm³/mol. The number of alkyl halides is 4. The number of aliphatic hydroxyl groups is 1. The molecule has 1 heterocycles. The van der Waals surface area contributed by atoms with Crippen LogP contribution < -0.4 is 0 Å². The lowest BCUT2D eigenvalue weighted by molar-refractivity contribution is -0.0547. The SMILES string of the molecule is C=C(CCCCl)CCCCl.C[Si](C)(C)N=[N+]=[N-].O=C1OC(O)c2ccccc21.[N-]=[N+]=NCC(CCCCl)CCCCl. The Morgan fingerprint density at radius 2 is 1.49 bits per heavy atom. The molecule has 0 spiro atoms. The summed E-state index contributed by atoms with van der Waals surface area (Å²) in [5, 5.41) is 12.7. The van der Waals surface area contributed by atoms with E-state index in [1.807, 2.05) is 19.6 Å². The molecule has 41 heavy (non-hydrogen) atoms. The van der Waals surface area contributed by atoms with Gasteiger partial charge in [0, 0.05) is 40.5 Å². The van der Waals surface area contributed by atoms with Gasteiger partial charge in [-0.05, 0) is 79.3 Å². The average Bonchev–Trinajstić information content (AvgIpc) is 3.24. The smallest absolute Gasteiger partial charge is 0.341 e. The number of halogens is 4. The van der Waals surface area contributed by atoms with E-state index in [9.17, 15) is 4.79 Å². The van der Waals surface area contributed by atoms with E-state index in [0.29, 0.717) is 35.3 Å². The van der Waals surface area contributed by atoms with Crippen LogP contribution >= 0.6 is 46.4 Å². The van der Waals surface area contributed by atoms with Crippen molar-refractivity contribution in [1.29, 1.82) is 0 Å². The van der Waals surface area contributed by atoms with Crippen LogP contribution in [0.25, 0.3) is 20.9 Å². The molecule has 2 rings (SSSR count). The van der Waals surface area contributed by atoms with Crippen LogP contribution in [0.1, 0.15) is 73.6 Å². The van der Waals surface area contributed by atoms with Gasteiger partial charge in [-0.15, -0.1) is 51.2 Å². The van der Waals surface area contributed by atoms with E-state index in [0.717, 1.165) is 63.1 Å². The van der Waals surface area contributed by atoms with Crippen LogP contribution in [0.2, 0.25) is 19.6 Å². The van der Waals surface area contributed by atoms with Crippen molar-refractivity contribution in [2.24, 2.45) is 15.8 Å². The standard InChI is InChI=1S/C8H15Cl2N3.C8H14Cl2.C8H6O3.C3H9N3Si/c9-5-1-3-8(4-2-6-10)7-12-13-11;1-8(4-2-6-9)5-3-7-10;9-7-5-3-1-2-4-6(5)8(10)11-7;1-7(2,3)6-5-4/h8H,1-7H2;1-7H2;1-4,7,9H;1-3H3. The first-order valence-electron chi connectivity index (χ1n) is 13.5. The normalized spacial score (nSPS) is 13.0. The van der Waals surface area contributed by atoms with E-state index in [4.69, 9.17) is 62.6 Å². The van der Waals surface area contributed by atoms with Gasteiger partial charge in [0.15, 0.2) is 0 Å². The second-order valence-corrected chi connectivity index (χ2v) is 16.0. The van der Waals surface area contributed by atoms with Crippen LogP contribution in [0, 0.1) is 5.92 Å².